The van der Waals surface area contributed by atoms with Gasteiger partial charge in [0.05, 0.1) is 11.5 Å². The molecule has 3 unspecified atom stereocenters. The second-order valence-corrected chi connectivity index (χ2v) is 7.37. The zero-order valence-corrected chi connectivity index (χ0v) is 15.3. The summed E-state index contributed by atoms with van der Waals surface area (Å²) in [5.74, 6) is -2.74. The molecule has 0 radical (unpaired) electrons. The fraction of sp³-hybridized carbons (Fsp3) is 0.824. The molecule has 142 valence electrons. The summed E-state index contributed by atoms with van der Waals surface area (Å²) in [6, 6.07) is 0. The highest BCUT2D eigenvalue weighted by Crippen LogP contribution is 2.33. The summed E-state index contributed by atoms with van der Waals surface area (Å²) in [5, 5.41) is 0. The van der Waals surface area contributed by atoms with E-state index in [1.54, 1.807) is 27.7 Å². The number of hydrogen-bond acceptors (Lipinski definition) is 8. The third-order valence-corrected chi connectivity index (χ3v) is 4.42. The van der Waals surface area contributed by atoms with Crippen LogP contribution in [0.3, 0.4) is 0 Å². The number of rotatable bonds is 5. The van der Waals surface area contributed by atoms with E-state index in [2.05, 4.69) is 0 Å². The molecular weight excluding hydrogens is 332 g/mol. The molecule has 0 aromatic carbocycles. The molecule has 0 N–H and O–H groups in total. The number of carbonyl (C=O) groups is 3. The number of cyclic esters (lactones) is 1. The standard InChI is InChI=1S/C17H26O8/c1-6-16(2,3)15(20)22-9-13(18)23-11-7-10-12(8-21-14(11)19)25-17(4,5)24-10/h10-12H,6-9H2,1-5H3. The highest BCUT2D eigenvalue weighted by Gasteiger charge is 2.47. The minimum absolute atomic E-state index is 0.0423. The number of esters is 3. The zero-order chi connectivity index (χ0) is 18.8. The van der Waals surface area contributed by atoms with Crippen LogP contribution in [0, 0.1) is 5.41 Å². The van der Waals surface area contributed by atoms with Crippen molar-refractivity contribution in [3.8, 4) is 0 Å². The predicted octanol–water partition coefficient (Wildman–Crippen LogP) is 1.34. The quantitative estimate of drug-likeness (QED) is 0.536. The second kappa shape index (κ2) is 7.29. The average molecular weight is 358 g/mol. The normalized spacial score (nSPS) is 28.5. The predicted molar refractivity (Wildman–Crippen MR) is 84.3 cm³/mol. The van der Waals surface area contributed by atoms with Gasteiger partial charge in [0.1, 0.15) is 12.7 Å². The van der Waals surface area contributed by atoms with E-state index in [4.69, 9.17) is 23.7 Å². The lowest BCUT2D eigenvalue weighted by molar-refractivity contribution is -0.182. The third kappa shape index (κ3) is 4.92. The molecule has 8 heteroatoms. The Morgan fingerprint density at radius 1 is 1.24 bits per heavy atom. The van der Waals surface area contributed by atoms with Crippen molar-refractivity contribution < 1.29 is 38.1 Å². The maximum Gasteiger partial charge on any atom is 0.347 e. The lowest BCUT2D eigenvalue weighted by atomic mass is 9.91. The first kappa shape index (κ1) is 19.7. The molecule has 2 saturated heterocycles. The first-order valence-corrected chi connectivity index (χ1v) is 8.43. The van der Waals surface area contributed by atoms with Crippen LogP contribution in [0.5, 0.6) is 0 Å². The van der Waals surface area contributed by atoms with Gasteiger partial charge in [-0.25, -0.2) is 9.59 Å². The van der Waals surface area contributed by atoms with E-state index in [-0.39, 0.29) is 13.0 Å². The van der Waals surface area contributed by atoms with Crippen LogP contribution in [0.25, 0.3) is 0 Å². The van der Waals surface area contributed by atoms with Crippen LogP contribution in [0.4, 0.5) is 0 Å². The Balaban J connectivity index is 1.89. The van der Waals surface area contributed by atoms with E-state index in [1.807, 2.05) is 6.92 Å². The zero-order valence-electron chi connectivity index (χ0n) is 15.3. The Bertz CT molecular complexity index is 539. The highest BCUT2D eigenvalue weighted by atomic mass is 16.8. The fourth-order valence-corrected chi connectivity index (χ4v) is 2.57. The van der Waals surface area contributed by atoms with Crippen LogP contribution in [-0.4, -0.2) is 55.2 Å². The van der Waals surface area contributed by atoms with E-state index in [0.29, 0.717) is 6.42 Å². The summed E-state index contributed by atoms with van der Waals surface area (Å²) in [6.07, 6.45) is -1.22. The van der Waals surface area contributed by atoms with Crippen molar-refractivity contribution in [1.82, 2.24) is 0 Å². The Labute approximate surface area is 147 Å². The topological polar surface area (TPSA) is 97.4 Å². The van der Waals surface area contributed by atoms with Gasteiger partial charge in [0.25, 0.3) is 0 Å². The van der Waals surface area contributed by atoms with Crippen LogP contribution < -0.4 is 0 Å². The van der Waals surface area contributed by atoms with Gasteiger partial charge in [0.15, 0.2) is 12.4 Å². The summed E-state index contributed by atoms with van der Waals surface area (Å²) in [5.41, 5.74) is -0.685. The van der Waals surface area contributed by atoms with Crippen molar-refractivity contribution in [2.75, 3.05) is 13.2 Å². The summed E-state index contributed by atoms with van der Waals surface area (Å²) in [7, 11) is 0. The molecule has 2 aliphatic rings. The van der Waals surface area contributed by atoms with Crippen molar-refractivity contribution in [2.24, 2.45) is 5.41 Å². The fourth-order valence-electron chi connectivity index (χ4n) is 2.57. The lowest BCUT2D eigenvalue weighted by Crippen LogP contribution is -2.34. The molecule has 2 heterocycles. The van der Waals surface area contributed by atoms with Crippen molar-refractivity contribution in [3.05, 3.63) is 0 Å². The minimum atomic E-state index is -1.11. The van der Waals surface area contributed by atoms with Crippen LogP contribution in [0.2, 0.25) is 0 Å². The molecule has 2 aliphatic heterocycles. The molecule has 0 aliphatic carbocycles. The van der Waals surface area contributed by atoms with Gasteiger partial charge in [-0.1, -0.05) is 6.92 Å². The lowest BCUT2D eigenvalue weighted by Gasteiger charge is -2.21. The maximum absolute atomic E-state index is 12.0. The highest BCUT2D eigenvalue weighted by molar-refractivity contribution is 5.82. The number of ether oxygens (including phenoxy) is 5. The number of carbonyl (C=O) groups excluding carboxylic acids is 3. The van der Waals surface area contributed by atoms with Crippen LogP contribution in [0.1, 0.15) is 47.5 Å². The maximum atomic E-state index is 12.0. The molecule has 0 aromatic rings. The van der Waals surface area contributed by atoms with Crippen LogP contribution in [-0.2, 0) is 38.1 Å². The van der Waals surface area contributed by atoms with E-state index in [1.165, 1.54) is 0 Å². The minimum Gasteiger partial charge on any atom is -0.460 e. The van der Waals surface area contributed by atoms with Gasteiger partial charge in [0, 0.05) is 6.42 Å². The summed E-state index contributed by atoms with van der Waals surface area (Å²) in [4.78, 5) is 35.8. The second-order valence-electron chi connectivity index (χ2n) is 7.37. The largest absolute Gasteiger partial charge is 0.460 e. The SMILES string of the molecule is CCC(C)(C)C(=O)OCC(=O)OC1CC2OC(C)(C)OC2COC1=O. The molecule has 3 atom stereocenters. The van der Waals surface area contributed by atoms with Gasteiger partial charge in [-0.05, 0) is 34.1 Å². The number of hydrogen-bond donors (Lipinski definition) is 0. The van der Waals surface area contributed by atoms with Gasteiger partial charge in [-0.2, -0.15) is 0 Å². The molecule has 25 heavy (non-hydrogen) atoms. The van der Waals surface area contributed by atoms with Crippen molar-refractivity contribution >= 4 is 17.9 Å². The molecule has 2 fully saturated rings. The van der Waals surface area contributed by atoms with Gasteiger partial charge >= 0.3 is 17.9 Å². The Hall–Kier alpha value is -1.67. The molecule has 0 aromatic heterocycles. The van der Waals surface area contributed by atoms with Gasteiger partial charge < -0.3 is 23.7 Å². The molecule has 0 bridgehead atoms. The molecular formula is C17H26O8. The molecule has 0 spiro atoms. The van der Waals surface area contributed by atoms with E-state index < -0.39 is 54.0 Å². The smallest absolute Gasteiger partial charge is 0.347 e. The Morgan fingerprint density at radius 3 is 2.52 bits per heavy atom. The summed E-state index contributed by atoms with van der Waals surface area (Å²) in [6.45, 7) is 8.32. The molecule has 0 amide bonds. The Morgan fingerprint density at radius 2 is 1.88 bits per heavy atom. The first-order chi connectivity index (χ1) is 11.5. The van der Waals surface area contributed by atoms with Gasteiger partial charge in [0.2, 0.25) is 6.10 Å². The third-order valence-electron chi connectivity index (χ3n) is 4.42. The number of fused-ring (bicyclic) bond motifs is 1. The molecule has 0 saturated carbocycles. The van der Waals surface area contributed by atoms with Gasteiger partial charge in [-0.15, -0.1) is 0 Å². The van der Waals surface area contributed by atoms with Crippen molar-refractivity contribution in [3.63, 3.8) is 0 Å². The molecule has 8 nitrogen and oxygen atoms in total. The average Bonchev–Trinajstić information content (AvgIpc) is 2.75. The first-order valence-electron chi connectivity index (χ1n) is 8.43. The molecule has 2 rings (SSSR count). The van der Waals surface area contributed by atoms with Gasteiger partial charge in [-0.3, -0.25) is 4.79 Å². The van der Waals surface area contributed by atoms with E-state index in [0.717, 1.165) is 0 Å². The van der Waals surface area contributed by atoms with Crippen molar-refractivity contribution in [1.29, 1.82) is 0 Å². The van der Waals surface area contributed by atoms with Crippen LogP contribution >= 0.6 is 0 Å². The van der Waals surface area contributed by atoms with Crippen molar-refractivity contribution in [2.45, 2.75) is 71.6 Å². The monoisotopic (exact) mass is 358 g/mol. The Kier molecular flexibility index (Phi) is 5.73. The van der Waals surface area contributed by atoms with E-state index >= 15 is 0 Å². The summed E-state index contributed by atoms with van der Waals surface area (Å²) >= 11 is 0. The summed E-state index contributed by atoms with van der Waals surface area (Å²) < 4.78 is 26.6. The van der Waals surface area contributed by atoms with Crippen LogP contribution in [0.15, 0.2) is 0 Å². The van der Waals surface area contributed by atoms with E-state index in [9.17, 15) is 14.4 Å².